The van der Waals surface area contributed by atoms with Gasteiger partial charge >= 0.3 is 0 Å². The third kappa shape index (κ3) is 4.99. The molecule has 0 amide bonds. The average molecular weight is 609 g/mol. The zero-order valence-corrected chi connectivity index (χ0v) is 28.4. The molecule has 234 valence electrons. The summed E-state index contributed by atoms with van der Waals surface area (Å²) in [5, 5.41) is 9.73. The molecular formula is C41H44N4O. The van der Waals surface area contributed by atoms with Gasteiger partial charge in [-0.15, -0.1) is 0 Å². The molecule has 6 rings (SSSR count). The fourth-order valence-corrected chi connectivity index (χ4v) is 7.32. The third-order valence-electron chi connectivity index (χ3n) is 9.86. The summed E-state index contributed by atoms with van der Waals surface area (Å²) in [6.07, 6.45) is 12.5. The Balaban J connectivity index is 1.78. The van der Waals surface area contributed by atoms with Gasteiger partial charge in [0.25, 0.3) is 0 Å². The summed E-state index contributed by atoms with van der Waals surface area (Å²) in [6.45, 7) is 17.6. The lowest BCUT2D eigenvalue weighted by atomic mass is 9.90. The monoisotopic (exact) mass is 608 g/mol. The minimum absolute atomic E-state index is 0.830. The molecule has 0 saturated heterocycles. The molecule has 46 heavy (non-hydrogen) atoms. The molecular weight excluding hydrogens is 564 g/mol. The van der Waals surface area contributed by atoms with E-state index in [1.54, 1.807) is 6.08 Å². The van der Waals surface area contributed by atoms with Gasteiger partial charge in [0.2, 0.25) is 0 Å². The second-order valence-corrected chi connectivity index (χ2v) is 12.2. The summed E-state index contributed by atoms with van der Waals surface area (Å²) in [5.41, 5.74) is 20.8. The number of rotatable bonds is 6. The molecule has 1 aromatic heterocycles. The van der Waals surface area contributed by atoms with Crippen LogP contribution in [0.2, 0.25) is 0 Å². The number of nitrogens with zero attached hydrogens (tertiary/aromatic N) is 3. The Morgan fingerprint density at radius 2 is 1.33 bits per heavy atom. The van der Waals surface area contributed by atoms with Crippen molar-refractivity contribution < 1.29 is 5.11 Å². The maximum absolute atomic E-state index is 9.73. The van der Waals surface area contributed by atoms with E-state index >= 15 is 0 Å². The number of fused-ring (bicyclic) bond motifs is 5. The number of nitrogens with one attached hydrogen (secondary N) is 1. The van der Waals surface area contributed by atoms with Gasteiger partial charge in [0.05, 0.1) is 46.2 Å². The highest BCUT2D eigenvalue weighted by molar-refractivity contribution is 6.37. The number of aliphatic hydroxyl groups is 1. The van der Waals surface area contributed by atoms with Crippen LogP contribution >= 0.6 is 0 Å². The van der Waals surface area contributed by atoms with Crippen molar-refractivity contribution in [2.75, 3.05) is 0 Å². The van der Waals surface area contributed by atoms with Crippen molar-refractivity contribution in [3.05, 3.63) is 139 Å². The van der Waals surface area contributed by atoms with Crippen LogP contribution in [0.4, 0.5) is 0 Å². The molecule has 5 nitrogen and oxygen atoms in total. The van der Waals surface area contributed by atoms with Crippen LogP contribution in [-0.4, -0.2) is 27.2 Å². The van der Waals surface area contributed by atoms with Crippen molar-refractivity contribution in [2.45, 2.75) is 81.1 Å². The van der Waals surface area contributed by atoms with Crippen LogP contribution in [0.3, 0.4) is 0 Å². The summed E-state index contributed by atoms with van der Waals surface area (Å²) < 4.78 is 0. The van der Waals surface area contributed by atoms with E-state index in [0.29, 0.717) is 0 Å². The van der Waals surface area contributed by atoms with Gasteiger partial charge in [-0.3, -0.25) is 0 Å². The van der Waals surface area contributed by atoms with E-state index in [4.69, 9.17) is 15.0 Å². The molecule has 0 atom stereocenters. The lowest BCUT2D eigenvalue weighted by molar-refractivity contribution is 0.473. The minimum Gasteiger partial charge on any atom is -0.516 e. The van der Waals surface area contributed by atoms with Crippen molar-refractivity contribution in [3.63, 3.8) is 0 Å². The number of aromatic nitrogens is 1. The Morgan fingerprint density at radius 3 is 1.89 bits per heavy atom. The van der Waals surface area contributed by atoms with Crippen molar-refractivity contribution >= 4 is 28.8 Å². The Morgan fingerprint density at radius 1 is 0.717 bits per heavy atom. The minimum atomic E-state index is 0.830. The fourth-order valence-electron chi connectivity index (χ4n) is 7.32. The fraction of sp³-hybridized carbons (Fsp3) is 0.293. The van der Waals surface area contributed by atoms with Gasteiger partial charge < -0.3 is 10.1 Å². The molecule has 5 heteroatoms. The zero-order chi connectivity index (χ0) is 32.7. The summed E-state index contributed by atoms with van der Waals surface area (Å²) in [6, 6.07) is 10.7. The molecule has 0 spiro atoms. The van der Waals surface area contributed by atoms with Crippen LogP contribution in [0.5, 0.6) is 0 Å². The molecule has 4 aliphatic heterocycles. The van der Waals surface area contributed by atoms with Gasteiger partial charge in [0, 0.05) is 16.8 Å². The molecule has 2 aromatic rings. The van der Waals surface area contributed by atoms with Crippen LogP contribution in [0.15, 0.2) is 126 Å². The van der Waals surface area contributed by atoms with Gasteiger partial charge in [0.1, 0.15) is 0 Å². The molecule has 0 unspecified atom stereocenters. The highest BCUT2D eigenvalue weighted by Crippen LogP contribution is 2.42. The van der Waals surface area contributed by atoms with E-state index in [0.717, 1.165) is 99.8 Å². The van der Waals surface area contributed by atoms with E-state index in [1.807, 2.05) is 6.08 Å². The normalized spacial score (nSPS) is 19.1. The number of aromatic amines is 1. The predicted molar refractivity (Wildman–Crippen MR) is 195 cm³/mol. The highest BCUT2D eigenvalue weighted by atomic mass is 16.2. The summed E-state index contributed by atoms with van der Waals surface area (Å²) in [7, 11) is 0. The van der Waals surface area contributed by atoms with E-state index in [9.17, 15) is 5.11 Å². The van der Waals surface area contributed by atoms with Gasteiger partial charge in [-0.1, -0.05) is 58.0 Å². The molecule has 1 aromatic carbocycles. The standard InChI is InChI=1S/C41H44N4O/c1-9-28-23(5)33-21-35-25(7)30(11-3)40(44-35)37(27-17-14-13-15-18-27)41-31(12-4)26(8)36(45-41)22-34-24(6)29(10-2)39(43-34)32(19-16-20-46)38(28)42-33/h13-22,44,46H,9-12H2,1-8H3/b20-16-,32-19-,33-21?,34-22?,41-37?. The Hall–Kier alpha value is -4.77. The van der Waals surface area contributed by atoms with E-state index in [-0.39, 0.29) is 0 Å². The molecule has 0 aliphatic carbocycles. The zero-order valence-electron chi connectivity index (χ0n) is 28.4. The maximum atomic E-state index is 9.73. The topological polar surface area (TPSA) is 73.1 Å². The molecule has 4 aliphatic rings. The lowest BCUT2D eigenvalue weighted by Crippen LogP contribution is -2.15. The van der Waals surface area contributed by atoms with Crippen molar-refractivity contribution in [1.82, 2.24) is 4.98 Å². The first-order valence-electron chi connectivity index (χ1n) is 16.6. The largest absolute Gasteiger partial charge is 0.516 e. The number of hydrogen-bond acceptors (Lipinski definition) is 4. The number of benzene rings is 1. The smallest absolute Gasteiger partial charge is 0.0791 e. The van der Waals surface area contributed by atoms with Crippen LogP contribution < -0.4 is 0 Å². The van der Waals surface area contributed by atoms with Gasteiger partial charge in [-0.25, -0.2) is 15.0 Å². The summed E-state index contributed by atoms with van der Waals surface area (Å²) in [4.78, 5) is 19.9. The maximum Gasteiger partial charge on any atom is 0.0791 e. The summed E-state index contributed by atoms with van der Waals surface area (Å²) >= 11 is 0. The number of allylic oxidation sites excluding steroid dienone is 10. The van der Waals surface area contributed by atoms with Crippen LogP contribution in [-0.2, 0) is 6.42 Å². The first-order valence-corrected chi connectivity index (χ1v) is 16.6. The average Bonchev–Trinajstić information content (AvgIpc) is 3.75. The second kappa shape index (κ2) is 12.6. The molecule has 8 bridgehead atoms. The number of hydrogen-bond donors (Lipinski definition) is 2. The molecule has 0 radical (unpaired) electrons. The summed E-state index contributed by atoms with van der Waals surface area (Å²) in [5.74, 6) is 0. The van der Waals surface area contributed by atoms with Crippen LogP contribution in [0.25, 0.3) is 11.6 Å². The number of H-pyrrole nitrogens is 1. The third-order valence-corrected chi connectivity index (χ3v) is 9.86. The Bertz CT molecular complexity index is 1990. The SMILES string of the molecule is CCC1=C(C)C2=CC3=NC(=C(c4ccccc4)c4[nH]c(c(C)c4CC)C=C4N=C(C(CC)=C4C)/C(=C/C=C\O)C1=N2)C(CC)=C3C. The predicted octanol–water partition coefficient (Wildman–Crippen LogP) is 10.4. The quantitative estimate of drug-likeness (QED) is 0.315. The van der Waals surface area contributed by atoms with Gasteiger partial charge in [-0.2, -0.15) is 0 Å². The Labute approximate surface area is 273 Å². The van der Waals surface area contributed by atoms with E-state index in [1.165, 1.54) is 39.0 Å². The number of aliphatic imine (C=N–C) groups is 3. The number of aliphatic hydroxyl groups excluding tert-OH is 1. The highest BCUT2D eigenvalue weighted by Gasteiger charge is 2.32. The van der Waals surface area contributed by atoms with E-state index < -0.39 is 0 Å². The first-order chi connectivity index (χ1) is 22.3. The molecule has 0 saturated carbocycles. The van der Waals surface area contributed by atoms with Gasteiger partial charge in [0.15, 0.2) is 0 Å². The molecule has 5 heterocycles. The van der Waals surface area contributed by atoms with Gasteiger partial charge in [-0.05, 0) is 128 Å². The van der Waals surface area contributed by atoms with Crippen molar-refractivity contribution in [1.29, 1.82) is 0 Å². The second-order valence-electron chi connectivity index (χ2n) is 12.2. The van der Waals surface area contributed by atoms with E-state index in [2.05, 4.69) is 103 Å². The molecule has 0 fully saturated rings. The molecule has 2 N–H and O–H groups in total. The lowest BCUT2D eigenvalue weighted by Gasteiger charge is -2.14. The Kier molecular flexibility index (Phi) is 8.52. The van der Waals surface area contributed by atoms with Crippen molar-refractivity contribution in [2.24, 2.45) is 15.0 Å². The first kappa shape index (κ1) is 31.2. The van der Waals surface area contributed by atoms with Crippen molar-refractivity contribution in [3.8, 4) is 0 Å². The van der Waals surface area contributed by atoms with Crippen LogP contribution in [0, 0.1) is 6.92 Å². The van der Waals surface area contributed by atoms with Crippen LogP contribution in [0.1, 0.15) is 95.8 Å².